The third-order valence-corrected chi connectivity index (χ3v) is 4.77. The number of quaternary nitrogens is 1. The van der Waals surface area contributed by atoms with Crippen molar-refractivity contribution < 1.29 is 10.4 Å². The molecular weight excluding hydrogens is 328 g/mol. The van der Waals surface area contributed by atoms with Crippen LogP contribution in [-0.4, -0.2) is 18.2 Å². The van der Waals surface area contributed by atoms with Gasteiger partial charge in [0.1, 0.15) is 0 Å². The summed E-state index contributed by atoms with van der Waals surface area (Å²) in [5.74, 6) is 0. The molecule has 0 aliphatic rings. The fourth-order valence-electron chi connectivity index (χ4n) is 3.17. The van der Waals surface area contributed by atoms with Crippen LogP contribution >= 0.6 is 0 Å². The maximum atomic E-state index is 8.25. The molecule has 0 heterocycles. The Morgan fingerprint density at radius 3 is 1.04 bits per heavy atom. The molecule has 0 radical (unpaired) electrons. The smallest absolute Gasteiger partial charge is 0.0755 e. The summed E-state index contributed by atoms with van der Waals surface area (Å²) in [7, 11) is 0. The van der Waals surface area contributed by atoms with E-state index in [-0.39, 0.29) is 0 Å². The number of hydrogen-bond donors (Lipinski definition) is 1. The van der Waals surface area contributed by atoms with Crippen LogP contribution in [-0.2, 0) is 0 Å². The molecule has 0 rings (SSSR count). The van der Waals surface area contributed by atoms with Crippen molar-refractivity contribution in [1.82, 2.24) is 0 Å². The zero-order valence-electron chi connectivity index (χ0n) is 17.7. The van der Waals surface area contributed by atoms with Gasteiger partial charge in [0.05, 0.1) is 18.2 Å². The summed E-state index contributed by atoms with van der Waals surface area (Å²) in [5, 5.41) is 17.3. The normalized spacial score (nSPS) is 10.4. The molecule has 0 amide bonds. The number of nitrogens with zero attached hydrogens (tertiary/aromatic N) is 1. The van der Waals surface area contributed by atoms with Crippen LogP contribution in [0.4, 0.5) is 0 Å². The first-order valence-corrected chi connectivity index (χ1v) is 11.3. The lowest BCUT2D eigenvalue weighted by Crippen LogP contribution is -2.84. The minimum atomic E-state index is -1.75. The van der Waals surface area contributed by atoms with Crippen molar-refractivity contribution in [3.05, 3.63) is 15.3 Å². The Morgan fingerprint density at radius 2 is 0.769 bits per heavy atom. The van der Waals surface area contributed by atoms with E-state index >= 15 is 0 Å². The Labute approximate surface area is 162 Å². The van der Waals surface area contributed by atoms with Gasteiger partial charge in [-0.25, -0.2) is 0 Å². The largest absolute Gasteiger partial charge is 0.356 e. The molecule has 0 aromatic carbocycles. The van der Waals surface area contributed by atoms with Crippen LogP contribution in [0.25, 0.3) is 0 Å². The number of rotatable bonds is 19. The molecule has 0 unspecified atom stereocenters. The van der Waals surface area contributed by atoms with Gasteiger partial charge in [0.2, 0.25) is 0 Å². The Hall–Kier alpha value is -0.840. The van der Waals surface area contributed by atoms with Crippen LogP contribution in [0, 0.1) is 15.3 Å². The highest BCUT2D eigenvalue weighted by Gasteiger charge is 1.95. The second kappa shape index (κ2) is 26.4. The quantitative estimate of drug-likeness (QED) is 0.171. The molecule has 158 valence electrons. The Morgan fingerprint density at radius 1 is 0.538 bits per heavy atom. The minimum Gasteiger partial charge on any atom is -0.356 e. The van der Waals surface area contributed by atoms with Crippen LogP contribution in [0.1, 0.15) is 123 Å². The molecule has 0 aliphatic carbocycles. The summed E-state index contributed by atoms with van der Waals surface area (Å²) in [6.45, 7) is 7.33. The van der Waals surface area contributed by atoms with Gasteiger partial charge >= 0.3 is 0 Å². The van der Waals surface area contributed by atoms with Gasteiger partial charge in [-0.2, -0.15) is 0 Å². The minimum absolute atomic E-state index is 1.37. The van der Waals surface area contributed by atoms with E-state index in [9.17, 15) is 0 Å². The van der Waals surface area contributed by atoms with E-state index in [0.29, 0.717) is 0 Å². The molecule has 0 spiro atoms. The molecule has 0 aliphatic heterocycles. The molecule has 0 aromatic heterocycles. The highest BCUT2D eigenvalue weighted by atomic mass is 16.9. The number of hydrogen-bond acceptors (Lipinski definition) is 3. The summed E-state index contributed by atoms with van der Waals surface area (Å²) in [5.41, 5.74) is 0. The van der Waals surface area contributed by atoms with Gasteiger partial charge in [-0.1, -0.05) is 97.3 Å². The third kappa shape index (κ3) is 34.5. The maximum absolute atomic E-state index is 8.25. The molecule has 0 atom stereocenters. The lowest BCUT2D eigenvalue weighted by atomic mass is 10.1. The number of nitrogens with two attached hydrogens (primary N) is 1. The van der Waals surface area contributed by atoms with Gasteiger partial charge in [0.25, 0.3) is 0 Å². The van der Waals surface area contributed by atoms with Crippen LogP contribution in [0.5, 0.6) is 0 Å². The molecule has 5 heteroatoms. The highest BCUT2D eigenvalue weighted by molar-refractivity contribution is 4.47. The fraction of sp³-hybridized carbons (Fsp3) is 1.00. The van der Waals surface area contributed by atoms with Gasteiger partial charge in [-0.05, 0) is 25.7 Å². The summed E-state index contributed by atoms with van der Waals surface area (Å²) in [6, 6.07) is 0. The standard InChI is InChI=1S/C21H45N.NO3/c1-3-5-7-9-11-13-15-17-19-21-22-20-18-16-14-12-10-8-6-4-2;2-1(3)4/h22H,3-21H2,1-2H3;/q;-1/p+1. The zero-order valence-corrected chi connectivity index (χ0v) is 17.7. The lowest BCUT2D eigenvalue weighted by molar-refractivity contribution is -0.655. The van der Waals surface area contributed by atoms with Crippen molar-refractivity contribution in [2.24, 2.45) is 0 Å². The van der Waals surface area contributed by atoms with Crippen molar-refractivity contribution >= 4 is 0 Å². The average molecular weight is 375 g/mol. The summed E-state index contributed by atoms with van der Waals surface area (Å²) < 4.78 is 0. The Bertz CT molecular complexity index is 240. The van der Waals surface area contributed by atoms with Crippen molar-refractivity contribution in [1.29, 1.82) is 0 Å². The predicted octanol–water partition coefficient (Wildman–Crippen LogP) is 5.98. The van der Waals surface area contributed by atoms with Gasteiger partial charge in [0.15, 0.2) is 0 Å². The second-order valence-electron chi connectivity index (χ2n) is 7.39. The van der Waals surface area contributed by atoms with Crippen molar-refractivity contribution in [3.63, 3.8) is 0 Å². The van der Waals surface area contributed by atoms with Gasteiger partial charge in [-0.15, -0.1) is 0 Å². The summed E-state index contributed by atoms with van der Waals surface area (Å²) in [6.07, 6.45) is 24.6. The van der Waals surface area contributed by atoms with Crippen molar-refractivity contribution in [2.75, 3.05) is 13.1 Å². The Balaban J connectivity index is 0. The Kier molecular flexibility index (Phi) is 27.8. The lowest BCUT2D eigenvalue weighted by Gasteiger charge is -2.03. The molecule has 0 saturated carbocycles. The van der Waals surface area contributed by atoms with Gasteiger partial charge in [-0.3, -0.25) is 0 Å². The SMILES string of the molecule is CCCCCCCCCCC[NH2+]CCCCCCCCCC.O=[N+]([O-])[O-]. The van der Waals surface area contributed by atoms with Crippen LogP contribution < -0.4 is 5.32 Å². The fourth-order valence-corrected chi connectivity index (χ4v) is 3.17. The first-order chi connectivity index (χ1) is 12.6. The van der Waals surface area contributed by atoms with Crippen LogP contribution in [0.3, 0.4) is 0 Å². The predicted molar refractivity (Wildman–Crippen MR) is 112 cm³/mol. The highest BCUT2D eigenvalue weighted by Crippen LogP contribution is 2.09. The van der Waals surface area contributed by atoms with Crippen LogP contribution in [0.2, 0.25) is 0 Å². The molecule has 0 aromatic rings. The van der Waals surface area contributed by atoms with E-state index in [1.165, 1.54) is 122 Å². The van der Waals surface area contributed by atoms with E-state index in [1.807, 2.05) is 0 Å². The van der Waals surface area contributed by atoms with Crippen LogP contribution in [0.15, 0.2) is 0 Å². The van der Waals surface area contributed by atoms with E-state index in [1.54, 1.807) is 0 Å². The summed E-state index contributed by atoms with van der Waals surface area (Å²) in [4.78, 5) is 8.25. The third-order valence-electron chi connectivity index (χ3n) is 4.77. The second-order valence-corrected chi connectivity index (χ2v) is 7.39. The van der Waals surface area contributed by atoms with Gasteiger partial charge < -0.3 is 20.6 Å². The van der Waals surface area contributed by atoms with E-state index in [0.717, 1.165) is 0 Å². The molecule has 0 fully saturated rings. The summed E-state index contributed by atoms with van der Waals surface area (Å²) >= 11 is 0. The molecular formula is C21H46N2O3. The van der Waals surface area contributed by atoms with Gasteiger partial charge in [0, 0.05) is 0 Å². The number of unbranched alkanes of at least 4 members (excludes halogenated alkanes) is 15. The van der Waals surface area contributed by atoms with Crippen molar-refractivity contribution in [3.8, 4) is 0 Å². The van der Waals surface area contributed by atoms with Crippen molar-refractivity contribution in [2.45, 2.75) is 123 Å². The molecule has 26 heavy (non-hydrogen) atoms. The monoisotopic (exact) mass is 374 g/mol. The first kappa shape index (κ1) is 27.4. The molecule has 0 saturated heterocycles. The first-order valence-electron chi connectivity index (χ1n) is 11.3. The van der Waals surface area contributed by atoms with E-state index < -0.39 is 5.09 Å². The van der Waals surface area contributed by atoms with E-state index in [2.05, 4.69) is 19.2 Å². The molecule has 2 N–H and O–H groups in total. The maximum Gasteiger partial charge on any atom is 0.0755 e. The van der Waals surface area contributed by atoms with E-state index in [4.69, 9.17) is 15.3 Å². The molecule has 5 nitrogen and oxygen atoms in total. The average Bonchev–Trinajstić information content (AvgIpc) is 2.60. The topological polar surface area (TPSA) is 82.8 Å². The zero-order chi connectivity index (χ0) is 19.7. The molecule has 0 bridgehead atoms.